The number of rotatable bonds is 4. The Morgan fingerprint density at radius 3 is 2.61 bits per heavy atom. The number of pyridine rings is 1. The molecule has 0 aliphatic heterocycles. The first-order chi connectivity index (χ1) is 11.1. The normalized spacial score (nSPS) is 12.1. The number of para-hydroxylation sites is 1. The van der Waals surface area contributed by atoms with E-state index in [1.54, 1.807) is 6.07 Å². The highest BCUT2D eigenvalue weighted by atomic mass is 19.1. The number of aliphatic hydroxyl groups is 1. The van der Waals surface area contributed by atoms with Crippen molar-refractivity contribution in [2.45, 2.75) is 6.10 Å². The number of aromatic nitrogens is 1. The third-order valence-electron chi connectivity index (χ3n) is 3.54. The van der Waals surface area contributed by atoms with Crippen molar-refractivity contribution in [1.29, 1.82) is 0 Å². The molecule has 0 saturated heterocycles. The van der Waals surface area contributed by atoms with Gasteiger partial charge in [-0.2, -0.15) is 0 Å². The maximum absolute atomic E-state index is 12.9. The zero-order valence-electron chi connectivity index (χ0n) is 12.2. The minimum Gasteiger partial charge on any atom is -0.387 e. The summed E-state index contributed by atoms with van der Waals surface area (Å²) in [7, 11) is 0. The van der Waals surface area contributed by atoms with E-state index in [0.29, 0.717) is 5.56 Å². The van der Waals surface area contributed by atoms with Crippen LogP contribution >= 0.6 is 0 Å². The average molecular weight is 310 g/mol. The van der Waals surface area contributed by atoms with Crippen molar-refractivity contribution in [3.05, 3.63) is 77.7 Å². The van der Waals surface area contributed by atoms with Crippen molar-refractivity contribution in [2.24, 2.45) is 0 Å². The van der Waals surface area contributed by atoms with Crippen LogP contribution in [0.2, 0.25) is 0 Å². The van der Waals surface area contributed by atoms with Crippen LogP contribution in [0, 0.1) is 5.82 Å². The van der Waals surface area contributed by atoms with Crippen molar-refractivity contribution in [3.8, 4) is 0 Å². The van der Waals surface area contributed by atoms with Crippen LogP contribution in [0.25, 0.3) is 10.9 Å². The Kier molecular flexibility index (Phi) is 4.30. The Hall–Kier alpha value is -2.79. The fourth-order valence-corrected chi connectivity index (χ4v) is 2.28. The van der Waals surface area contributed by atoms with Gasteiger partial charge >= 0.3 is 0 Å². The lowest BCUT2D eigenvalue weighted by Gasteiger charge is -2.12. The molecule has 0 aliphatic rings. The lowest BCUT2D eigenvalue weighted by atomic mass is 10.1. The molecule has 3 rings (SSSR count). The second-order valence-electron chi connectivity index (χ2n) is 5.17. The lowest BCUT2D eigenvalue weighted by molar-refractivity contribution is 0.0911. The zero-order valence-corrected chi connectivity index (χ0v) is 12.2. The molecule has 23 heavy (non-hydrogen) atoms. The van der Waals surface area contributed by atoms with E-state index < -0.39 is 6.10 Å². The number of carbonyl (C=O) groups is 1. The molecule has 3 aromatic rings. The third-order valence-corrected chi connectivity index (χ3v) is 3.54. The van der Waals surface area contributed by atoms with Crippen LogP contribution in [0.3, 0.4) is 0 Å². The summed E-state index contributed by atoms with van der Waals surface area (Å²) in [5.41, 5.74) is 1.56. The van der Waals surface area contributed by atoms with Crippen LogP contribution in [0.4, 0.5) is 4.39 Å². The maximum Gasteiger partial charge on any atom is 0.270 e. The van der Waals surface area contributed by atoms with Gasteiger partial charge in [-0.25, -0.2) is 9.37 Å². The van der Waals surface area contributed by atoms with E-state index in [9.17, 15) is 14.3 Å². The van der Waals surface area contributed by atoms with Crippen molar-refractivity contribution >= 4 is 16.8 Å². The molecule has 0 aliphatic carbocycles. The SMILES string of the molecule is O=C(NCC(O)c1ccc(F)cc1)c1ccc2ccccc2n1. The monoisotopic (exact) mass is 310 g/mol. The molecule has 1 unspecified atom stereocenters. The molecule has 1 amide bonds. The Morgan fingerprint density at radius 2 is 1.83 bits per heavy atom. The van der Waals surface area contributed by atoms with E-state index in [1.807, 2.05) is 30.3 Å². The maximum atomic E-state index is 12.9. The van der Waals surface area contributed by atoms with Crippen LogP contribution in [-0.2, 0) is 0 Å². The van der Waals surface area contributed by atoms with Gasteiger partial charge in [0, 0.05) is 11.9 Å². The summed E-state index contributed by atoms with van der Waals surface area (Å²) < 4.78 is 12.9. The molecule has 0 fully saturated rings. The molecular weight excluding hydrogens is 295 g/mol. The lowest BCUT2D eigenvalue weighted by Crippen LogP contribution is -2.29. The summed E-state index contributed by atoms with van der Waals surface area (Å²) in [6.45, 7) is 0.0268. The van der Waals surface area contributed by atoms with E-state index in [0.717, 1.165) is 10.9 Å². The minimum atomic E-state index is -0.903. The van der Waals surface area contributed by atoms with Crippen LogP contribution < -0.4 is 5.32 Å². The number of amides is 1. The Labute approximate surface area is 132 Å². The second-order valence-corrected chi connectivity index (χ2v) is 5.17. The Bertz CT molecular complexity index is 834. The number of nitrogens with one attached hydrogen (secondary N) is 1. The summed E-state index contributed by atoms with van der Waals surface area (Å²) in [6, 6.07) is 16.5. The zero-order chi connectivity index (χ0) is 16.2. The van der Waals surface area contributed by atoms with Crippen LogP contribution in [0.5, 0.6) is 0 Å². The predicted octanol–water partition coefficient (Wildman–Crippen LogP) is 2.84. The first-order valence-electron chi connectivity index (χ1n) is 7.21. The number of benzene rings is 2. The largest absolute Gasteiger partial charge is 0.387 e. The highest BCUT2D eigenvalue weighted by Crippen LogP contribution is 2.14. The molecule has 1 aromatic heterocycles. The molecule has 1 atom stereocenters. The summed E-state index contributed by atoms with van der Waals surface area (Å²) in [5.74, 6) is -0.734. The minimum absolute atomic E-state index is 0.0268. The second kappa shape index (κ2) is 6.54. The molecule has 4 nitrogen and oxygen atoms in total. The van der Waals surface area contributed by atoms with Crippen molar-refractivity contribution < 1.29 is 14.3 Å². The van der Waals surface area contributed by atoms with E-state index in [1.165, 1.54) is 24.3 Å². The number of halogens is 1. The van der Waals surface area contributed by atoms with Gasteiger partial charge in [0.15, 0.2) is 0 Å². The molecule has 5 heteroatoms. The number of fused-ring (bicyclic) bond motifs is 1. The first-order valence-corrected chi connectivity index (χ1v) is 7.21. The van der Waals surface area contributed by atoms with Gasteiger partial charge in [-0.1, -0.05) is 36.4 Å². The third kappa shape index (κ3) is 3.52. The van der Waals surface area contributed by atoms with E-state index in [2.05, 4.69) is 10.3 Å². The highest BCUT2D eigenvalue weighted by molar-refractivity contribution is 5.94. The summed E-state index contributed by atoms with van der Waals surface area (Å²) in [6.07, 6.45) is -0.903. The molecule has 2 N–H and O–H groups in total. The molecular formula is C18H15FN2O2. The number of hydrogen-bond donors (Lipinski definition) is 2. The Morgan fingerprint density at radius 1 is 1.09 bits per heavy atom. The molecule has 116 valence electrons. The van der Waals surface area contributed by atoms with Crippen LogP contribution in [-0.4, -0.2) is 22.5 Å². The fourth-order valence-electron chi connectivity index (χ4n) is 2.28. The number of aliphatic hydroxyl groups excluding tert-OH is 1. The van der Waals surface area contributed by atoms with Crippen molar-refractivity contribution in [1.82, 2.24) is 10.3 Å². The number of carbonyl (C=O) groups excluding carboxylic acids is 1. The van der Waals surface area contributed by atoms with Gasteiger partial charge in [-0.05, 0) is 29.8 Å². The topological polar surface area (TPSA) is 62.2 Å². The smallest absolute Gasteiger partial charge is 0.270 e. The molecule has 0 spiro atoms. The summed E-state index contributed by atoms with van der Waals surface area (Å²) in [5, 5.41) is 13.6. The van der Waals surface area contributed by atoms with Gasteiger partial charge < -0.3 is 10.4 Å². The standard InChI is InChI=1S/C18H15FN2O2/c19-14-8-5-13(6-9-14)17(22)11-20-18(23)16-10-7-12-3-1-2-4-15(12)21-16/h1-10,17,22H,11H2,(H,20,23). The predicted molar refractivity (Wildman–Crippen MR) is 85.4 cm³/mol. The van der Waals surface area contributed by atoms with E-state index in [4.69, 9.17) is 0 Å². The Balaban J connectivity index is 1.67. The first kappa shape index (κ1) is 15.1. The summed E-state index contributed by atoms with van der Waals surface area (Å²) in [4.78, 5) is 16.4. The molecule has 0 saturated carbocycles. The van der Waals surface area contributed by atoms with Gasteiger partial charge in [0.2, 0.25) is 0 Å². The fraction of sp³-hybridized carbons (Fsp3) is 0.111. The van der Waals surface area contributed by atoms with Gasteiger partial charge in [-0.15, -0.1) is 0 Å². The van der Waals surface area contributed by atoms with Gasteiger partial charge in [0.05, 0.1) is 11.6 Å². The van der Waals surface area contributed by atoms with Gasteiger partial charge in [-0.3, -0.25) is 4.79 Å². The molecule has 2 aromatic carbocycles. The highest BCUT2D eigenvalue weighted by Gasteiger charge is 2.12. The average Bonchev–Trinajstić information content (AvgIpc) is 2.59. The van der Waals surface area contributed by atoms with E-state index in [-0.39, 0.29) is 24.0 Å². The van der Waals surface area contributed by atoms with Crippen LogP contribution in [0.15, 0.2) is 60.7 Å². The number of hydrogen-bond acceptors (Lipinski definition) is 3. The van der Waals surface area contributed by atoms with Crippen LogP contribution in [0.1, 0.15) is 22.2 Å². The number of nitrogens with zero attached hydrogens (tertiary/aromatic N) is 1. The molecule has 1 heterocycles. The van der Waals surface area contributed by atoms with Crippen molar-refractivity contribution in [3.63, 3.8) is 0 Å². The molecule has 0 radical (unpaired) electrons. The summed E-state index contributed by atoms with van der Waals surface area (Å²) >= 11 is 0. The van der Waals surface area contributed by atoms with Gasteiger partial charge in [0.1, 0.15) is 11.5 Å². The molecule has 0 bridgehead atoms. The van der Waals surface area contributed by atoms with Crippen molar-refractivity contribution in [2.75, 3.05) is 6.54 Å². The quantitative estimate of drug-likeness (QED) is 0.779. The van der Waals surface area contributed by atoms with E-state index >= 15 is 0 Å². The van der Waals surface area contributed by atoms with Gasteiger partial charge in [0.25, 0.3) is 5.91 Å².